The molecule has 0 unspecified atom stereocenters. The Morgan fingerprint density at radius 3 is 2.62 bits per heavy atom. The molecule has 0 amide bonds. The van der Waals surface area contributed by atoms with Crippen molar-refractivity contribution in [2.45, 2.75) is 26.3 Å². The third-order valence-electron chi connectivity index (χ3n) is 3.33. The van der Waals surface area contributed by atoms with Gasteiger partial charge in [-0.3, -0.25) is 4.90 Å². The first-order valence-corrected chi connectivity index (χ1v) is 7.01. The molecule has 0 N–H and O–H groups in total. The molecule has 0 bridgehead atoms. The van der Waals surface area contributed by atoms with E-state index in [0.29, 0.717) is 30.7 Å². The summed E-state index contributed by atoms with van der Waals surface area (Å²) >= 11 is 0. The molecule has 0 fully saturated rings. The van der Waals surface area contributed by atoms with Gasteiger partial charge in [0.05, 0.1) is 6.04 Å². The number of ether oxygens (including phenoxy) is 1. The number of aromatic nitrogens is 2. The van der Waals surface area contributed by atoms with E-state index in [9.17, 15) is 4.39 Å². The molecule has 0 aliphatic heterocycles. The van der Waals surface area contributed by atoms with Crippen LogP contribution in [0.3, 0.4) is 0 Å². The van der Waals surface area contributed by atoms with Crippen LogP contribution in [0.25, 0.3) is 0 Å². The van der Waals surface area contributed by atoms with Gasteiger partial charge in [0.1, 0.15) is 18.2 Å². The van der Waals surface area contributed by atoms with Crippen LogP contribution in [0.1, 0.15) is 31.7 Å². The molecule has 2 aromatic rings. The number of nitrogens with zero attached hydrogens (tertiary/aromatic N) is 3. The van der Waals surface area contributed by atoms with Gasteiger partial charge in [-0.15, -0.1) is 10.2 Å². The summed E-state index contributed by atoms with van der Waals surface area (Å²) in [5, 5.41) is 8.01. The summed E-state index contributed by atoms with van der Waals surface area (Å²) in [6.45, 7) is 5.18. The average molecular weight is 293 g/mol. The normalized spacial score (nSPS) is 12.6. The van der Waals surface area contributed by atoms with Gasteiger partial charge in [0.25, 0.3) is 0 Å². The molecule has 0 aliphatic rings. The second-order valence-corrected chi connectivity index (χ2v) is 4.85. The lowest BCUT2D eigenvalue weighted by Crippen LogP contribution is -2.27. The highest BCUT2D eigenvalue weighted by Crippen LogP contribution is 2.17. The number of rotatable bonds is 7. The van der Waals surface area contributed by atoms with Gasteiger partial charge >= 0.3 is 0 Å². The van der Waals surface area contributed by atoms with Gasteiger partial charge in [-0.25, -0.2) is 4.39 Å². The first-order chi connectivity index (χ1) is 10.1. The lowest BCUT2D eigenvalue weighted by atomic mass is 10.3. The molecule has 0 saturated heterocycles. The van der Waals surface area contributed by atoms with Crippen molar-refractivity contribution >= 4 is 0 Å². The van der Waals surface area contributed by atoms with Crippen LogP contribution in [0.2, 0.25) is 0 Å². The fourth-order valence-electron chi connectivity index (χ4n) is 1.80. The second kappa shape index (κ2) is 7.17. The minimum absolute atomic E-state index is 0.0228. The first-order valence-electron chi connectivity index (χ1n) is 7.01. The van der Waals surface area contributed by atoms with Gasteiger partial charge in [0.2, 0.25) is 11.8 Å². The molecule has 6 heteroatoms. The number of halogens is 1. The van der Waals surface area contributed by atoms with E-state index in [0.717, 1.165) is 6.42 Å². The van der Waals surface area contributed by atoms with Crippen LogP contribution in [0.15, 0.2) is 28.7 Å². The van der Waals surface area contributed by atoms with E-state index in [1.54, 1.807) is 12.1 Å². The van der Waals surface area contributed by atoms with Gasteiger partial charge < -0.3 is 9.15 Å². The third kappa shape index (κ3) is 4.26. The van der Waals surface area contributed by atoms with Crippen molar-refractivity contribution in [3.8, 4) is 5.75 Å². The zero-order chi connectivity index (χ0) is 15.2. The number of benzene rings is 1. The third-order valence-corrected chi connectivity index (χ3v) is 3.33. The van der Waals surface area contributed by atoms with E-state index in [4.69, 9.17) is 9.15 Å². The molecule has 0 saturated carbocycles. The van der Waals surface area contributed by atoms with Gasteiger partial charge in [-0.2, -0.15) is 0 Å². The molecule has 21 heavy (non-hydrogen) atoms. The van der Waals surface area contributed by atoms with E-state index in [-0.39, 0.29) is 11.9 Å². The lowest BCUT2D eigenvalue weighted by molar-refractivity contribution is 0.180. The molecule has 2 rings (SSSR count). The van der Waals surface area contributed by atoms with Crippen LogP contribution < -0.4 is 4.74 Å². The van der Waals surface area contributed by atoms with Crippen molar-refractivity contribution in [3.05, 3.63) is 41.9 Å². The highest BCUT2D eigenvalue weighted by molar-refractivity contribution is 5.21. The molecule has 1 aromatic carbocycles. The van der Waals surface area contributed by atoms with Crippen molar-refractivity contribution in [1.29, 1.82) is 0 Å². The number of hydrogen-bond acceptors (Lipinski definition) is 5. The molecule has 1 atom stereocenters. The monoisotopic (exact) mass is 293 g/mol. The Morgan fingerprint density at radius 1 is 1.29 bits per heavy atom. The molecule has 5 nitrogen and oxygen atoms in total. The van der Waals surface area contributed by atoms with Gasteiger partial charge in [0.15, 0.2) is 0 Å². The number of hydrogen-bond donors (Lipinski definition) is 0. The van der Waals surface area contributed by atoms with Gasteiger partial charge in [-0.1, -0.05) is 6.92 Å². The topological polar surface area (TPSA) is 51.4 Å². The Kier molecular flexibility index (Phi) is 5.27. The van der Waals surface area contributed by atoms with Crippen molar-refractivity contribution in [1.82, 2.24) is 15.1 Å². The summed E-state index contributed by atoms with van der Waals surface area (Å²) in [5.41, 5.74) is 0. The first kappa shape index (κ1) is 15.4. The van der Waals surface area contributed by atoms with Crippen LogP contribution in [-0.2, 0) is 6.42 Å². The SMILES string of the molecule is CCc1nnc([C@@H](C)N(C)CCOc2ccc(F)cc2)o1. The predicted molar refractivity (Wildman–Crippen MR) is 76.6 cm³/mol. The van der Waals surface area contributed by atoms with Crippen molar-refractivity contribution < 1.29 is 13.5 Å². The van der Waals surface area contributed by atoms with Gasteiger partial charge in [-0.05, 0) is 38.2 Å². The Labute approximate surface area is 123 Å². The Bertz CT molecular complexity index is 556. The van der Waals surface area contributed by atoms with E-state index < -0.39 is 0 Å². The fourth-order valence-corrected chi connectivity index (χ4v) is 1.80. The van der Waals surface area contributed by atoms with E-state index >= 15 is 0 Å². The van der Waals surface area contributed by atoms with E-state index in [1.165, 1.54) is 12.1 Å². The lowest BCUT2D eigenvalue weighted by Gasteiger charge is -2.21. The molecule has 0 aliphatic carbocycles. The second-order valence-electron chi connectivity index (χ2n) is 4.85. The standard InChI is InChI=1S/C15H20FN3O2/c1-4-14-17-18-15(21-14)11(2)19(3)9-10-20-13-7-5-12(16)6-8-13/h5-8,11H,4,9-10H2,1-3H3/t11-/m1/s1. The van der Waals surface area contributed by atoms with Crippen molar-refractivity contribution in [3.63, 3.8) is 0 Å². The number of aryl methyl sites for hydroxylation is 1. The quantitative estimate of drug-likeness (QED) is 0.785. The van der Waals surface area contributed by atoms with Gasteiger partial charge in [0, 0.05) is 13.0 Å². The van der Waals surface area contributed by atoms with Crippen LogP contribution in [-0.4, -0.2) is 35.3 Å². The highest BCUT2D eigenvalue weighted by atomic mass is 19.1. The molecular weight excluding hydrogens is 273 g/mol. The summed E-state index contributed by atoms with van der Waals surface area (Å²) in [6, 6.07) is 6.02. The minimum Gasteiger partial charge on any atom is -0.492 e. The summed E-state index contributed by atoms with van der Waals surface area (Å²) in [5.74, 6) is 1.64. The highest BCUT2D eigenvalue weighted by Gasteiger charge is 2.17. The van der Waals surface area contributed by atoms with Crippen molar-refractivity contribution in [2.24, 2.45) is 0 Å². The van der Waals surface area contributed by atoms with Crippen LogP contribution in [0, 0.1) is 5.82 Å². The van der Waals surface area contributed by atoms with E-state index in [1.807, 2.05) is 20.9 Å². The fraction of sp³-hybridized carbons (Fsp3) is 0.467. The Morgan fingerprint density at radius 2 is 2.00 bits per heavy atom. The molecule has 1 heterocycles. The van der Waals surface area contributed by atoms with Crippen LogP contribution in [0.4, 0.5) is 4.39 Å². The molecule has 0 spiro atoms. The zero-order valence-corrected chi connectivity index (χ0v) is 12.5. The maximum atomic E-state index is 12.8. The largest absolute Gasteiger partial charge is 0.492 e. The summed E-state index contributed by atoms with van der Waals surface area (Å²) in [7, 11) is 1.97. The predicted octanol–water partition coefficient (Wildman–Crippen LogP) is 2.84. The molecular formula is C15H20FN3O2. The van der Waals surface area contributed by atoms with Crippen LogP contribution in [0.5, 0.6) is 5.75 Å². The Hall–Kier alpha value is -1.95. The maximum Gasteiger partial charge on any atom is 0.233 e. The molecule has 1 aromatic heterocycles. The molecule has 0 radical (unpaired) electrons. The van der Waals surface area contributed by atoms with Crippen molar-refractivity contribution in [2.75, 3.05) is 20.2 Å². The Balaban J connectivity index is 1.80. The minimum atomic E-state index is -0.267. The molecule has 114 valence electrons. The summed E-state index contributed by atoms with van der Waals surface area (Å²) in [4.78, 5) is 2.07. The zero-order valence-electron chi connectivity index (χ0n) is 12.5. The number of likely N-dealkylation sites (N-methyl/N-ethyl adjacent to an activating group) is 1. The van der Waals surface area contributed by atoms with Crippen LogP contribution >= 0.6 is 0 Å². The van der Waals surface area contributed by atoms with E-state index in [2.05, 4.69) is 15.1 Å². The summed E-state index contributed by atoms with van der Waals surface area (Å²) < 4.78 is 23.9. The smallest absolute Gasteiger partial charge is 0.233 e. The summed E-state index contributed by atoms with van der Waals surface area (Å²) in [6.07, 6.45) is 0.733. The maximum absolute atomic E-state index is 12.8. The average Bonchev–Trinajstić information content (AvgIpc) is 2.97.